The van der Waals surface area contributed by atoms with Crippen molar-refractivity contribution in [3.8, 4) is 0 Å². The number of esters is 1. The number of aliphatic hydroxyl groups excluding tert-OH is 3. The van der Waals surface area contributed by atoms with Gasteiger partial charge in [0.25, 0.3) is 5.44 Å². The Morgan fingerprint density at radius 3 is 2.21 bits per heavy atom. The Bertz CT molecular complexity index is 273. The van der Waals surface area contributed by atoms with Crippen LogP contribution < -0.4 is 0 Å². The zero-order chi connectivity index (χ0) is 10.7. The normalized spacial score (nSPS) is 57.2. The van der Waals surface area contributed by atoms with Crippen molar-refractivity contribution in [3.63, 3.8) is 0 Å². The van der Waals surface area contributed by atoms with E-state index >= 15 is 0 Å². The first-order valence-corrected chi connectivity index (χ1v) is 4.99. The van der Waals surface area contributed by atoms with Crippen LogP contribution in [-0.2, 0) is 20.7 Å². The molecule has 2 unspecified atom stereocenters. The summed E-state index contributed by atoms with van der Waals surface area (Å²) in [5, 5.41) is 36.7. The smallest absolute Gasteiger partial charge is 0.340 e. The van der Waals surface area contributed by atoms with Gasteiger partial charge >= 0.3 is 10.9 Å². The highest BCUT2D eigenvalue weighted by atomic mass is 32.2. The molecule has 14 heavy (non-hydrogen) atoms. The Morgan fingerprint density at radius 1 is 1.43 bits per heavy atom. The standard InChI is InChI=1S/C6H8O7S/c7-1-2(8)4(9)13-3(1)6(11)5(10)14(6)12/h1-3,5,7-8,10-11H/t1-,2+,3+,5?,6+,14?/m0/s1. The molecule has 2 aliphatic heterocycles. The molecule has 0 aromatic rings. The molecule has 0 spiro atoms. The molecule has 4 N–H and O–H groups in total. The Hall–Kier alpha value is -0.380. The summed E-state index contributed by atoms with van der Waals surface area (Å²) in [5.41, 5.74) is -1.56. The van der Waals surface area contributed by atoms with E-state index in [1.807, 2.05) is 0 Å². The molecule has 80 valence electrons. The molecule has 0 aromatic heterocycles. The van der Waals surface area contributed by atoms with Crippen LogP contribution in [0.2, 0.25) is 0 Å². The average Bonchev–Trinajstić information content (AvgIpc) is 2.50. The van der Waals surface area contributed by atoms with Crippen molar-refractivity contribution < 1.29 is 34.5 Å². The molecule has 2 aliphatic rings. The number of carbonyl (C=O) groups excluding carboxylic acids is 1. The Labute approximate surface area is 81.1 Å². The lowest BCUT2D eigenvalue weighted by molar-refractivity contribution is -0.151. The highest BCUT2D eigenvalue weighted by Gasteiger charge is 2.81. The Morgan fingerprint density at radius 2 is 1.93 bits per heavy atom. The monoisotopic (exact) mass is 224 g/mol. The number of rotatable bonds is 1. The van der Waals surface area contributed by atoms with Gasteiger partial charge in [-0.25, -0.2) is 4.79 Å². The van der Waals surface area contributed by atoms with Gasteiger partial charge in [0, 0.05) is 11.2 Å². The molecule has 2 saturated heterocycles. The lowest BCUT2D eigenvalue weighted by atomic mass is 10.1. The third-order valence-electron chi connectivity index (χ3n) is 2.35. The van der Waals surface area contributed by atoms with E-state index < -0.39 is 45.8 Å². The topological polar surface area (TPSA) is 130 Å². The van der Waals surface area contributed by atoms with Crippen molar-refractivity contribution in [1.82, 2.24) is 0 Å². The fourth-order valence-electron chi connectivity index (χ4n) is 1.39. The summed E-state index contributed by atoms with van der Waals surface area (Å²) < 4.78 is 15.3. The summed E-state index contributed by atoms with van der Waals surface area (Å²) in [7, 11) is 0. The minimum atomic E-state index is -2.15. The predicted octanol–water partition coefficient (Wildman–Crippen LogP) is -3.60. The van der Waals surface area contributed by atoms with E-state index in [4.69, 9.17) is 10.2 Å². The number of ether oxygens (including phenoxy) is 1. The van der Waals surface area contributed by atoms with Crippen LogP contribution in [0.5, 0.6) is 0 Å². The molecule has 0 bridgehead atoms. The molecule has 2 fully saturated rings. The molecule has 7 nitrogen and oxygen atoms in total. The van der Waals surface area contributed by atoms with Crippen LogP contribution in [0.4, 0.5) is 0 Å². The maximum Gasteiger partial charge on any atom is 0.340 e. The van der Waals surface area contributed by atoms with Crippen molar-refractivity contribution in [2.75, 3.05) is 0 Å². The largest absolute Gasteiger partial charge is 0.611 e. The Balaban J connectivity index is 2.18. The number of carbonyl (C=O) groups is 1. The molecule has 0 amide bonds. The van der Waals surface area contributed by atoms with Crippen molar-refractivity contribution >= 4 is 17.1 Å². The van der Waals surface area contributed by atoms with Crippen LogP contribution in [0.25, 0.3) is 0 Å². The predicted molar refractivity (Wildman–Crippen MR) is 41.0 cm³/mol. The first-order chi connectivity index (χ1) is 6.40. The van der Waals surface area contributed by atoms with E-state index in [0.717, 1.165) is 0 Å². The summed E-state index contributed by atoms with van der Waals surface area (Å²) in [4.78, 5) is 8.61. The average molecular weight is 224 g/mol. The van der Waals surface area contributed by atoms with Gasteiger partial charge in [0.15, 0.2) is 6.10 Å². The van der Waals surface area contributed by atoms with Gasteiger partial charge in [0.2, 0.25) is 6.10 Å². The van der Waals surface area contributed by atoms with Crippen LogP contribution in [0.3, 0.4) is 0 Å². The lowest BCUT2D eigenvalue weighted by Gasteiger charge is -2.13. The van der Waals surface area contributed by atoms with E-state index in [1.54, 1.807) is 0 Å². The zero-order valence-electron chi connectivity index (χ0n) is 6.73. The molecular weight excluding hydrogens is 216 g/mol. The number of hydrogen-bond acceptors (Lipinski definition) is 7. The second kappa shape index (κ2) is 2.81. The summed E-state index contributed by atoms with van der Waals surface area (Å²) in [6.45, 7) is 0. The van der Waals surface area contributed by atoms with Crippen molar-refractivity contribution in [2.45, 2.75) is 28.7 Å². The number of cyclic esters (lactones) is 1. The van der Waals surface area contributed by atoms with Crippen LogP contribution in [0.1, 0.15) is 0 Å². The van der Waals surface area contributed by atoms with Gasteiger partial charge in [0.05, 0.1) is 0 Å². The van der Waals surface area contributed by atoms with Crippen LogP contribution in [-0.4, -0.2) is 59.6 Å². The minimum absolute atomic E-state index is 1.10. The van der Waals surface area contributed by atoms with Gasteiger partial charge in [-0.2, -0.15) is 0 Å². The van der Waals surface area contributed by atoms with Gasteiger partial charge in [-0.15, -0.1) is 0 Å². The molecular formula is C6H8O7S. The van der Waals surface area contributed by atoms with E-state index in [-0.39, 0.29) is 0 Å². The summed E-state index contributed by atoms with van der Waals surface area (Å²) >= 11 is -1.99. The molecule has 0 saturated carbocycles. The molecule has 0 aromatic carbocycles. The van der Waals surface area contributed by atoms with Gasteiger partial charge in [-0.3, -0.25) is 0 Å². The Kier molecular flexibility index (Phi) is 2.04. The first kappa shape index (κ1) is 10.1. The summed E-state index contributed by atoms with van der Waals surface area (Å²) in [6, 6.07) is 0. The number of hydrogen-bond donors (Lipinski definition) is 4. The fourth-order valence-corrected chi connectivity index (χ4v) is 2.53. The molecule has 2 heterocycles. The van der Waals surface area contributed by atoms with E-state index in [0.29, 0.717) is 0 Å². The van der Waals surface area contributed by atoms with Crippen molar-refractivity contribution in [1.29, 1.82) is 0 Å². The van der Waals surface area contributed by atoms with Crippen LogP contribution in [0, 0.1) is 0 Å². The van der Waals surface area contributed by atoms with Gasteiger partial charge in [0.1, 0.15) is 6.10 Å². The maximum absolute atomic E-state index is 10.9. The fraction of sp³-hybridized carbons (Fsp3) is 0.833. The molecule has 2 rings (SSSR count). The second-order valence-corrected chi connectivity index (χ2v) is 4.89. The molecule has 0 aliphatic carbocycles. The molecule has 6 atom stereocenters. The van der Waals surface area contributed by atoms with Gasteiger partial charge in [-0.05, 0) is 0 Å². The highest BCUT2D eigenvalue weighted by molar-refractivity contribution is 8.00. The zero-order valence-corrected chi connectivity index (χ0v) is 7.55. The summed E-state index contributed by atoms with van der Waals surface area (Å²) in [5.74, 6) is -1.10. The van der Waals surface area contributed by atoms with E-state index in [2.05, 4.69) is 4.74 Å². The van der Waals surface area contributed by atoms with Crippen molar-refractivity contribution in [3.05, 3.63) is 0 Å². The SMILES string of the molecule is O=C1O[C@@H]([C@]2(O)C(O)[S+]2[O-])[C@@H](O)[C@H]1O. The summed E-state index contributed by atoms with van der Waals surface area (Å²) in [6.07, 6.45) is -4.98. The minimum Gasteiger partial charge on any atom is -0.611 e. The molecule has 0 radical (unpaired) electrons. The quantitative estimate of drug-likeness (QED) is 0.205. The molecule has 8 heteroatoms. The van der Waals surface area contributed by atoms with Gasteiger partial charge < -0.3 is 29.7 Å². The lowest BCUT2D eigenvalue weighted by Crippen LogP contribution is -2.43. The van der Waals surface area contributed by atoms with Crippen LogP contribution >= 0.6 is 0 Å². The third-order valence-corrected chi connectivity index (χ3v) is 3.96. The highest BCUT2D eigenvalue weighted by Crippen LogP contribution is 2.48. The number of aliphatic hydroxyl groups is 4. The maximum atomic E-state index is 10.9. The van der Waals surface area contributed by atoms with Crippen molar-refractivity contribution in [2.24, 2.45) is 0 Å². The third kappa shape index (κ3) is 1.03. The van der Waals surface area contributed by atoms with E-state index in [9.17, 15) is 19.6 Å². The van der Waals surface area contributed by atoms with Crippen LogP contribution in [0.15, 0.2) is 0 Å². The first-order valence-electron chi connectivity index (χ1n) is 3.78. The second-order valence-electron chi connectivity index (χ2n) is 3.19. The van der Waals surface area contributed by atoms with E-state index in [1.165, 1.54) is 0 Å². The van der Waals surface area contributed by atoms with Gasteiger partial charge in [-0.1, -0.05) is 0 Å².